The zero-order valence-electron chi connectivity index (χ0n) is 14.3. The van der Waals surface area contributed by atoms with E-state index in [0.29, 0.717) is 27.5 Å². The lowest BCUT2D eigenvalue weighted by Gasteiger charge is -2.11. The van der Waals surface area contributed by atoms with E-state index in [-0.39, 0.29) is 11.7 Å². The summed E-state index contributed by atoms with van der Waals surface area (Å²) in [5.41, 5.74) is 2.36. The zero-order chi connectivity index (χ0) is 19.2. The molecule has 0 aliphatic rings. The van der Waals surface area contributed by atoms with Crippen LogP contribution in [0.1, 0.15) is 5.56 Å². The van der Waals surface area contributed by atoms with Crippen molar-refractivity contribution in [2.45, 2.75) is 22.7 Å². The molecule has 3 rings (SSSR count). The molecule has 0 bridgehead atoms. The maximum absolute atomic E-state index is 12.6. The Kier molecular flexibility index (Phi) is 6.46. The fourth-order valence-corrected chi connectivity index (χ4v) is 3.72. The van der Waals surface area contributed by atoms with Crippen LogP contribution in [0.4, 0.5) is 14.5 Å². The van der Waals surface area contributed by atoms with Gasteiger partial charge in [0.2, 0.25) is 5.91 Å². The van der Waals surface area contributed by atoms with E-state index < -0.39 is 5.76 Å². The van der Waals surface area contributed by atoms with Crippen molar-refractivity contribution < 1.29 is 13.6 Å². The van der Waals surface area contributed by atoms with Gasteiger partial charge in [-0.15, -0.1) is 10.2 Å². The third-order valence-corrected chi connectivity index (χ3v) is 5.33. The number of benzene rings is 2. The molecule has 0 atom stereocenters. The van der Waals surface area contributed by atoms with Gasteiger partial charge in [0.1, 0.15) is 6.33 Å². The number of rotatable bonds is 7. The van der Waals surface area contributed by atoms with E-state index in [9.17, 15) is 13.6 Å². The zero-order valence-corrected chi connectivity index (χ0v) is 15.9. The Bertz CT molecular complexity index is 933. The van der Waals surface area contributed by atoms with Crippen LogP contribution in [0.5, 0.6) is 0 Å². The summed E-state index contributed by atoms with van der Waals surface area (Å²) in [7, 11) is 0. The molecule has 1 N–H and O–H groups in total. The Morgan fingerprint density at radius 3 is 2.70 bits per heavy atom. The van der Waals surface area contributed by atoms with Crippen LogP contribution >= 0.6 is 23.5 Å². The van der Waals surface area contributed by atoms with Crippen molar-refractivity contribution in [2.24, 2.45) is 0 Å². The predicted octanol–water partition coefficient (Wildman–Crippen LogP) is 4.62. The minimum atomic E-state index is -2.55. The molecule has 0 fully saturated rings. The number of hydrogen-bond acceptors (Lipinski definition) is 5. The van der Waals surface area contributed by atoms with Gasteiger partial charge in [-0.05, 0) is 30.7 Å². The summed E-state index contributed by atoms with van der Waals surface area (Å²) >= 11 is 1.63. The average molecular weight is 406 g/mol. The molecule has 0 spiro atoms. The highest BCUT2D eigenvalue weighted by atomic mass is 32.2. The highest BCUT2D eigenvalue weighted by Crippen LogP contribution is 2.31. The summed E-state index contributed by atoms with van der Waals surface area (Å²) in [6.45, 7) is 1.98. The molecule has 0 saturated carbocycles. The van der Waals surface area contributed by atoms with Crippen molar-refractivity contribution in [1.29, 1.82) is 0 Å². The summed E-state index contributed by atoms with van der Waals surface area (Å²) in [4.78, 5) is 12.6. The fraction of sp³-hybridized carbons (Fsp3) is 0.167. The minimum Gasteiger partial charge on any atom is -0.324 e. The van der Waals surface area contributed by atoms with Crippen LogP contribution in [0.25, 0.3) is 5.69 Å². The molecule has 0 aliphatic carbocycles. The summed E-state index contributed by atoms with van der Waals surface area (Å²) in [5, 5.41) is 11.2. The lowest BCUT2D eigenvalue weighted by atomic mass is 10.2. The van der Waals surface area contributed by atoms with Crippen molar-refractivity contribution in [1.82, 2.24) is 14.8 Å². The average Bonchev–Trinajstić information content (AvgIpc) is 3.10. The maximum atomic E-state index is 12.6. The monoisotopic (exact) mass is 406 g/mol. The molecule has 5 nitrogen and oxygen atoms in total. The number of carbonyl (C=O) groups excluding carboxylic acids is 1. The Balaban J connectivity index is 1.66. The number of halogens is 2. The number of amides is 1. The van der Waals surface area contributed by atoms with Crippen molar-refractivity contribution in [3.63, 3.8) is 0 Å². The summed E-state index contributed by atoms with van der Waals surface area (Å²) in [5.74, 6) is -2.77. The predicted molar refractivity (Wildman–Crippen MR) is 104 cm³/mol. The van der Waals surface area contributed by atoms with Gasteiger partial charge in [-0.3, -0.25) is 9.36 Å². The molecule has 9 heteroatoms. The first kappa shape index (κ1) is 19.4. The number of nitrogens with zero attached hydrogens (tertiary/aromatic N) is 3. The van der Waals surface area contributed by atoms with E-state index in [4.69, 9.17) is 0 Å². The number of alkyl halides is 2. The highest BCUT2D eigenvalue weighted by Gasteiger charge is 2.14. The van der Waals surface area contributed by atoms with Crippen molar-refractivity contribution >= 4 is 35.1 Å². The van der Waals surface area contributed by atoms with Crippen molar-refractivity contribution in [2.75, 3.05) is 11.1 Å². The number of para-hydroxylation sites is 2. The normalized spacial score (nSPS) is 11.0. The molecule has 0 aliphatic heterocycles. The molecular weight excluding hydrogens is 390 g/mol. The van der Waals surface area contributed by atoms with Crippen LogP contribution < -0.4 is 5.32 Å². The van der Waals surface area contributed by atoms with Crippen LogP contribution in [0.3, 0.4) is 0 Å². The molecule has 0 saturated heterocycles. The van der Waals surface area contributed by atoms with Gasteiger partial charge < -0.3 is 5.32 Å². The second kappa shape index (κ2) is 9.01. The number of nitrogens with one attached hydrogen (secondary N) is 1. The standard InChI is InChI=1S/C18H16F2N4OS2/c1-12-6-2-4-8-14(12)24-11-21-23-18(24)26-10-16(25)22-13-7-3-5-9-15(13)27-17(19)20/h2-9,11,17H,10H2,1H3,(H,22,25). The number of thioether (sulfide) groups is 2. The van der Waals surface area contributed by atoms with E-state index in [2.05, 4.69) is 15.5 Å². The molecule has 1 heterocycles. The minimum absolute atomic E-state index is 0.0816. The lowest BCUT2D eigenvalue weighted by molar-refractivity contribution is -0.113. The van der Waals surface area contributed by atoms with Crippen LogP contribution in [-0.4, -0.2) is 32.2 Å². The van der Waals surface area contributed by atoms with Crippen LogP contribution in [-0.2, 0) is 4.79 Å². The summed E-state index contributed by atoms with van der Waals surface area (Å²) < 4.78 is 27.1. The first-order valence-electron chi connectivity index (χ1n) is 7.97. The first-order valence-corrected chi connectivity index (χ1v) is 9.83. The number of aryl methyl sites for hydroxylation is 1. The number of carbonyl (C=O) groups is 1. The summed E-state index contributed by atoms with van der Waals surface area (Å²) in [6.07, 6.45) is 1.59. The molecule has 140 valence electrons. The fourth-order valence-electron chi connectivity index (χ4n) is 2.41. The third kappa shape index (κ3) is 5.08. The van der Waals surface area contributed by atoms with E-state index >= 15 is 0 Å². The Morgan fingerprint density at radius 2 is 1.93 bits per heavy atom. The molecule has 2 aromatic carbocycles. The maximum Gasteiger partial charge on any atom is 0.288 e. The SMILES string of the molecule is Cc1ccccc1-n1cnnc1SCC(=O)Nc1ccccc1SC(F)F. The molecule has 1 aromatic heterocycles. The molecule has 0 unspecified atom stereocenters. The van der Waals surface area contributed by atoms with Gasteiger partial charge in [0, 0.05) is 4.90 Å². The molecule has 1 amide bonds. The van der Waals surface area contributed by atoms with Gasteiger partial charge in [0.15, 0.2) is 5.16 Å². The summed E-state index contributed by atoms with van der Waals surface area (Å²) in [6, 6.07) is 14.3. The Hall–Kier alpha value is -2.39. The smallest absolute Gasteiger partial charge is 0.288 e. The van der Waals surface area contributed by atoms with Crippen LogP contribution in [0, 0.1) is 6.92 Å². The Morgan fingerprint density at radius 1 is 1.19 bits per heavy atom. The second-order valence-electron chi connectivity index (χ2n) is 5.48. The van der Waals surface area contributed by atoms with E-state index in [0.717, 1.165) is 11.3 Å². The third-order valence-electron chi connectivity index (χ3n) is 3.60. The van der Waals surface area contributed by atoms with Gasteiger partial charge in [-0.2, -0.15) is 8.78 Å². The first-order chi connectivity index (χ1) is 13.0. The quantitative estimate of drug-likeness (QED) is 0.580. The number of anilines is 1. The van der Waals surface area contributed by atoms with Crippen molar-refractivity contribution in [3.8, 4) is 5.69 Å². The highest BCUT2D eigenvalue weighted by molar-refractivity contribution is 8.00. The van der Waals surface area contributed by atoms with E-state index in [1.165, 1.54) is 11.8 Å². The van der Waals surface area contributed by atoms with Gasteiger partial charge in [0.05, 0.1) is 17.1 Å². The van der Waals surface area contributed by atoms with Gasteiger partial charge >= 0.3 is 0 Å². The molecule has 27 heavy (non-hydrogen) atoms. The van der Waals surface area contributed by atoms with Gasteiger partial charge in [-0.1, -0.05) is 53.9 Å². The van der Waals surface area contributed by atoms with E-state index in [1.54, 1.807) is 30.6 Å². The lowest BCUT2D eigenvalue weighted by Crippen LogP contribution is -2.15. The van der Waals surface area contributed by atoms with Crippen LogP contribution in [0.15, 0.2) is 64.9 Å². The van der Waals surface area contributed by atoms with Gasteiger partial charge in [0.25, 0.3) is 5.76 Å². The molecular formula is C18H16F2N4OS2. The molecule has 0 radical (unpaired) electrons. The topological polar surface area (TPSA) is 59.8 Å². The van der Waals surface area contributed by atoms with E-state index in [1.807, 2.05) is 35.8 Å². The number of aromatic nitrogens is 3. The van der Waals surface area contributed by atoms with Gasteiger partial charge in [-0.25, -0.2) is 0 Å². The number of hydrogen-bond donors (Lipinski definition) is 1. The second-order valence-corrected chi connectivity index (χ2v) is 7.46. The molecule has 3 aromatic rings. The largest absolute Gasteiger partial charge is 0.324 e. The van der Waals surface area contributed by atoms with Crippen molar-refractivity contribution in [3.05, 3.63) is 60.4 Å². The Labute approximate surface area is 163 Å². The van der Waals surface area contributed by atoms with Crippen LogP contribution in [0.2, 0.25) is 0 Å².